The Morgan fingerprint density at radius 3 is 2.44 bits per heavy atom. The molecule has 0 aliphatic rings. The Hall–Kier alpha value is -0.870. The quantitative estimate of drug-likeness (QED) is 0.911. The summed E-state index contributed by atoms with van der Waals surface area (Å²) in [5.41, 5.74) is 8.05. The fourth-order valence-electron chi connectivity index (χ4n) is 1.73. The zero-order chi connectivity index (χ0) is 11.7. The van der Waals surface area contributed by atoms with E-state index in [2.05, 4.69) is 52.1 Å². The Kier molecular flexibility index (Phi) is 3.30. The van der Waals surface area contributed by atoms with Crippen molar-refractivity contribution in [3.05, 3.63) is 44.9 Å². The highest BCUT2D eigenvalue weighted by molar-refractivity contribution is 9.10. The van der Waals surface area contributed by atoms with Crippen LogP contribution in [0.25, 0.3) is 0 Å². The maximum Gasteiger partial charge on any atom is 0.180 e. The number of aryl methyl sites for hydroxylation is 1. The van der Waals surface area contributed by atoms with Gasteiger partial charge < -0.3 is 5.73 Å². The summed E-state index contributed by atoms with van der Waals surface area (Å²) in [5, 5.41) is 0.650. The van der Waals surface area contributed by atoms with Crippen molar-refractivity contribution in [2.45, 2.75) is 19.8 Å². The molecule has 4 heteroatoms. The van der Waals surface area contributed by atoms with Crippen LogP contribution in [0.1, 0.15) is 29.0 Å². The van der Waals surface area contributed by atoms with E-state index in [1.165, 1.54) is 10.4 Å². The van der Waals surface area contributed by atoms with Gasteiger partial charge in [-0.3, -0.25) is 0 Å². The Labute approximate surface area is 108 Å². The molecular weight excluding hydrogens is 284 g/mol. The molecule has 1 aromatic carbocycles. The van der Waals surface area contributed by atoms with Crippen molar-refractivity contribution in [2.75, 3.05) is 5.73 Å². The third kappa shape index (κ3) is 2.28. The van der Waals surface area contributed by atoms with Crippen LogP contribution in [-0.2, 0) is 0 Å². The summed E-state index contributed by atoms with van der Waals surface area (Å²) in [4.78, 5) is 5.51. The van der Waals surface area contributed by atoms with Gasteiger partial charge in [-0.25, -0.2) is 4.98 Å². The van der Waals surface area contributed by atoms with E-state index in [0.717, 1.165) is 10.2 Å². The molecule has 0 amide bonds. The van der Waals surface area contributed by atoms with E-state index in [1.807, 2.05) is 6.92 Å². The highest BCUT2D eigenvalue weighted by Crippen LogP contribution is 2.32. The monoisotopic (exact) mass is 296 g/mol. The number of nitrogen functional groups attached to an aromatic ring is 1. The van der Waals surface area contributed by atoms with Gasteiger partial charge in [-0.05, 0) is 24.6 Å². The topological polar surface area (TPSA) is 38.9 Å². The van der Waals surface area contributed by atoms with E-state index < -0.39 is 0 Å². The minimum atomic E-state index is 0.350. The minimum absolute atomic E-state index is 0.350. The highest BCUT2D eigenvalue weighted by Gasteiger charge is 2.14. The maximum atomic E-state index is 5.72. The lowest BCUT2D eigenvalue weighted by atomic mass is 9.99. The molecule has 0 radical (unpaired) electrons. The molecule has 1 atom stereocenters. The number of rotatable bonds is 2. The van der Waals surface area contributed by atoms with Crippen LogP contribution in [-0.4, -0.2) is 4.98 Å². The molecule has 2 rings (SSSR count). The molecule has 84 valence electrons. The summed E-state index contributed by atoms with van der Waals surface area (Å²) in [7, 11) is 0. The summed E-state index contributed by atoms with van der Waals surface area (Å²) in [6.45, 7) is 4.20. The van der Waals surface area contributed by atoms with E-state index >= 15 is 0 Å². The molecular formula is C12H13BrN2S. The van der Waals surface area contributed by atoms with Crippen molar-refractivity contribution in [1.82, 2.24) is 4.98 Å². The first-order valence-corrected chi connectivity index (χ1v) is 6.67. The number of hydrogen-bond donors (Lipinski definition) is 1. The minimum Gasteiger partial charge on any atom is -0.375 e. The number of hydrogen-bond acceptors (Lipinski definition) is 3. The van der Waals surface area contributed by atoms with E-state index in [9.17, 15) is 0 Å². The Bertz CT molecular complexity index is 490. The van der Waals surface area contributed by atoms with Gasteiger partial charge in [0.2, 0.25) is 0 Å². The molecule has 16 heavy (non-hydrogen) atoms. The molecule has 0 saturated heterocycles. The Morgan fingerprint density at radius 1 is 1.31 bits per heavy atom. The molecule has 1 aromatic heterocycles. The van der Waals surface area contributed by atoms with Crippen LogP contribution in [0.4, 0.5) is 5.13 Å². The van der Waals surface area contributed by atoms with Gasteiger partial charge in [0, 0.05) is 15.3 Å². The molecule has 0 fully saturated rings. The normalized spacial score (nSPS) is 12.7. The zero-order valence-corrected chi connectivity index (χ0v) is 11.6. The van der Waals surface area contributed by atoms with Crippen LogP contribution < -0.4 is 5.73 Å². The third-order valence-corrected chi connectivity index (χ3v) is 4.31. The fourth-order valence-corrected chi connectivity index (χ4v) is 2.91. The molecule has 1 heterocycles. The molecule has 0 aliphatic carbocycles. The SMILES string of the molecule is Cc1nc(N)sc1C(C)c1ccc(Br)cc1. The van der Waals surface area contributed by atoms with Crippen LogP contribution in [0.5, 0.6) is 0 Å². The Balaban J connectivity index is 2.35. The number of aromatic nitrogens is 1. The summed E-state index contributed by atoms with van der Waals surface area (Å²) in [6.07, 6.45) is 0. The van der Waals surface area contributed by atoms with Gasteiger partial charge in [0.15, 0.2) is 5.13 Å². The van der Waals surface area contributed by atoms with Crippen LogP contribution in [0.3, 0.4) is 0 Å². The molecule has 2 nitrogen and oxygen atoms in total. The summed E-state index contributed by atoms with van der Waals surface area (Å²) in [6, 6.07) is 8.38. The number of benzene rings is 1. The number of thiazole rings is 1. The largest absolute Gasteiger partial charge is 0.375 e. The molecule has 0 saturated carbocycles. The highest BCUT2D eigenvalue weighted by atomic mass is 79.9. The first-order valence-electron chi connectivity index (χ1n) is 5.06. The summed E-state index contributed by atoms with van der Waals surface area (Å²) in [5.74, 6) is 0.350. The predicted octanol–water partition coefficient (Wildman–Crippen LogP) is 3.95. The average molecular weight is 297 g/mol. The smallest absolute Gasteiger partial charge is 0.180 e. The van der Waals surface area contributed by atoms with Crippen molar-refractivity contribution in [2.24, 2.45) is 0 Å². The first-order chi connectivity index (χ1) is 7.58. The van der Waals surface area contributed by atoms with Crippen molar-refractivity contribution in [3.8, 4) is 0 Å². The van der Waals surface area contributed by atoms with Crippen molar-refractivity contribution >= 4 is 32.4 Å². The standard InChI is InChI=1S/C12H13BrN2S/c1-7(9-3-5-10(13)6-4-9)11-8(2)15-12(14)16-11/h3-7H,1-2H3,(H2,14,15). The van der Waals surface area contributed by atoms with Gasteiger partial charge >= 0.3 is 0 Å². The van der Waals surface area contributed by atoms with Crippen molar-refractivity contribution in [3.63, 3.8) is 0 Å². The molecule has 2 aromatic rings. The van der Waals surface area contributed by atoms with Gasteiger partial charge in [0.25, 0.3) is 0 Å². The van der Waals surface area contributed by atoms with E-state index in [4.69, 9.17) is 5.73 Å². The van der Waals surface area contributed by atoms with Crippen molar-refractivity contribution in [1.29, 1.82) is 0 Å². The van der Waals surface area contributed by atoms with Gasteiger partial charge in [-0.1, -0.05) is 35.0 Å². The van der Waals surface area contributed by atoms with Crippen LogP contribution in [0.2, 0.25) is 0 Å². The second-order valence-corrected chi connectivity index (χ2v) is 5.75. The average Bonchev–Trinajstić information content (AvgIpc) is 2.58. The molecule has 0 spiro atoms. The predicted molar refractivity (Wildman–Crippen MR) is 72.9 cm³/mol. The lowest BCUT2D eigenvalue weighted by molar-refractivity contribution is 0.926. The lowest BCUT2D eigenvalue weighted by Gasteiger charge is -2.10. The summed E-state index contributed by atoms with van der Waals surface area (Å²) < 4.78 is 1.10. The van der Waals surface area contributed by atoms with Crippen LogP contribution >= 0.6 is 27.3 Å². The lowest BCUT2D eigenvalue weighted by Crippen LogP contribution is -1.95. The zero-order valence-electron chi connectivity index (χ0n) is 9.20. The van der Waals surface area contributed by atoms with E-state index in [0.29, 0.717) is 11.0 Å². The fraction of sp³-hybridized carbons (Fsp3) is 0.250. The van der Waals surface area contributed by atoms with Gasteiger partial charge in [0.05, 0.1) is 5.69 Å². The second-order valence-electron chi connectivity index (χ2n) is 3.78. The third-order valence-electron chi connectivity index (χ3n) is 2.61. The van der Waals surface area contributed by atoms with Gasteiger partial charge in [-0.2, -0.15) is 0 Å². The van der Waals surface area contributed by atoms with Gasteiger partial charge in [-0.15, -0.1) is 11.3 Å². The first kappa shape index (κ1) is 11.6. The molecule has 0 bridgehead atoms. The number of nitrogens with two attached hydrogens (primary N) is 1. The number of nitrogens with zero attached hydrogens (tertiary/aromatic N) is 1. The van der Waals surface area contributed by atoms with Crippen LogP contribution in [0, 0.1) is 6.92 Å². The van der Waals surface area contributed by atoms with E-state index in [1.54, 1.807) is 11.3 Å². The van der Waals surface area contributed by atoms with Crippen molar-refractivity contribution < 1.29 is 0 Å². The Morgan fingerprint density at radius 2 is 1.94 bits per heavy atom. The molecule has 0 aliphatic heterocycles. The summed E-state index contributed by atoms with van der Waals surface area (Å²) >= 11 is 5.02. The maximum absolute atomic E-state index is 5.72. The number of anilines is 1. The number of halogens is 1. The van der Waals surface area contributed by atoms with Gasteiger partial charge in [0.1, 0.15) is 0 Å². The second kappa shape index (κ2) is 4.55. The van der Waals surface area contributed by atoms with Crippen LogP contribution in [0.15, 0.2) is 28.7 Å². The molecule has 2 N–H and O–H groups in total. The molecule has 1 unspecified atom stereocenters. The van der Waals surface area contributed by atoms with E-state index in [-0.39, 0.29) is 0 Å².